The number of halogens is 1. The quantitative estimate of drug-likeness (QED) is 0.707. The summed E-state index contributed by atoms with van der Waals surface area (Å²) in [6, 6.07) is 3.81. The molecule has 0 spiro atoms. The first kappa shape index (κ1) is 13.0. The zero-order chi connectivity index (χ0) is 13.5. The molecule has 96 valence electrons. The van der Waals surface area contributed by atoms with Crippen molar-refractivity contribution >= 4 is 28.5 Å². The number of rotatable bonds is 0. The molecule has 1 aromatic carbocycles. The highest BCUT2D eigenvalue weighted by molar-refractivity contribution is 6.32. The van der Waals surface area contributed by atoms with Gasteiger partial charge in [0.25, 0.3) is 0 Å². The fourth-order valence-electron chi connectivity index (χ4n) is 1.70. The first-order chi connectivity index (χ1) is 8.26. The molecule has 0 amide bonds. The molecule has 0 aliphatic rings. The van der Waals surface area contributed by atoms with Crippen LogP contribution in [0.25, 0.3) is 10.8 Å². The van der Waals surface area contributed by atoms with Gasteiger partial charge in [0.15, 0.2) is 0 Å². The molecule has 1 aromatic heterocycles. The molecule has 2 aromatic rings. The summed E-state index contributed by atoms with van der Waals surface area (Å²) in [5, 5.41) is 2.60. The minimum atomic E-state index is -0.499. The van der Waals surface area contributed by atoms with Crippen molar-refractivity contribution in [1.82, 2.24) is 4.57 Å². The SMILES string of the molecule is Cc1cc2cn(C(=O)OC(C)(C)C)cc2cc1Cl. The number of aryl methyl sites for hydroxylation is 1. The Hall–Kier alpha value is -1.48. The number of carbonyl (C=O) groups excluding carboxylic acids is 1. The van der Waals surface area contributed by atoms with Crippen LogP contribution in [0.2, 0.25) is 5.02 Å². The van der Waals surface area contributed by atoms with Crippen molar-refractivity contribution < 1.29 is 9.53 Å². The summed E-state index contributed by atoms with van der Waals surface area (Å²) in [4.78, 5) is 11.9. The van der Waals surface area contributed by atoms with Gasteiger partial charge in [-0.3, -0.25) is 4.57 Å². The molecular formula is C14H16ClNO2. The summed E-state index contributed by atoms with van der Waals surface area (Å²) in [5.74, 6) is 0. The molecule has 0 saturated heterocycles. The van der Waals surface area contributed by atoms with Crippen molar-refractivity contribution in [2.45, 2.75) is 33.3 Å². The number of ether oxygens (including phenoxy) is 1. The summed E-state index contributed by atoms with van der Waals surface area (Å²) in [5.41, 5.74) is 0.493. The standard InChI is InChI=1S/C14H16ClNO2/c1-9-5-10-7-16(8-11(10)6-12(9)15)13(17)18-14(2,3)4/h5-8H,1-4H3. The molecule has 4 heteroatoms. The van der Waals surface area contributed by atoms with Crippen molar-refractivity contribution in [3.8, 4) is 0 Å². The van der Waals surface area contributed by atoms with Gasteiger partial charge in [0.05, 0.1) is 0 Å². The van der Waals surface area contributed by atoms with Gasteiger partial charge >= 0.3 is 6.09 Å². The van der Waals surface area contributed by atoms with Crippen LogP contribution in [0.5, 0.6) is 0 Å². The highest BCUT2D eigenvalue weighted by atomic mass is 35.5. The van der Waals surface area contributed by atoms with Crippen LogP contribution >= 0.6 is 11.6 Å². The van der Waals surface area contributed by atoms with Crippen molar-refractivity contribution in [3.05, 3.63) is 35.1 Å². The minimum absolute atomic E-state index is 0.382. The predicted molar refractivity (Wildman–Crippen MR) is 73.3 cm³/mol. The molecule has 1 heterocycles. The molecule has 0 unspecified atom stereocenters. The zero-order valence-electron chi connectivity index (χ0n) is 11.0. The van der Waals surface area contributed by atoms with Gasteiger partial charge in [0.1, 0.15) is 5.60 Å². The van der Waals surface area contributed by atoms with Crippen LogP contribution in [0.3, 0.4) is 0 Å². The molecule has 2 rings (SSSR count). The lowest BCUT2D eigenvalue weighted by Crippen LogP contribution is -2.26. The fourth-order valence-corrected chi connectivity index (χ4v) is 1.87. The van der Waals surface area contributed by atoms with Crippen LogP contribution in [0.4, 0.5) is 4.79 Å². The lowest BCUT2D eigenvalue weighted by Gasteiger charge is -2.19. The summed E-state index contributed by atoms with van der Waals surface area (Å²) in [7, 11) is 0. The van der Waals surface area contributed by atoms with Gasteiger partial charge in [-0.2, -0.15) is 0 Å². The van der Waals surface area contributed by atoms with Crippen LogP contribution in [0.1, 0.15) is 26.3 Å². The number of hydrogen-bond acceptors (Lipinski definition) is 2. The fraction of sp³-hybridized carbons (Fsp3) is 0.357. The molecule has 3 nitrogen and oxygen atoms in total. The van der Waals surface area contributed by atoms with Gasteiger partial charge in [-0.25, -0.2) is 4.79 Å². The molecule has 0 saturated carbocycles. The van der Waals surface area contributed by atoms with Crippen molar-refractivity contribution in [2.75, 3.05) is 0 Å². The zero-order valence-corrected chi connectivity index (χ0v) is 11.7. The summed E-state index contributed by atoms with van der Waals surface area (Å²) >= 11 is 6.06. The summed E-state index contributed by atoms with van der Waals surface area (Å²) in [6.45, 7) is 7.46. The van der Waals surface area contributed by atoms with Gasteiger partial charge < -0.3 is 4.74 Å². The maximum absolute atomic E-state index is 11.9. The Morgan fingerprint density at radius 1 is 1.22 bits per heavy atom. The number of fused-ring (bicyclic) bond motifs is 1. The van der Waals surface area contributed by atoms with Crippen LogP contribution in [-0.4, -0.2) is 16.3 Å². The molecule has 0 N–H and O–H groups in total. The largest absolute Gasteiger partial charge is 0.443 e. The predicted octanol–water partition coefficient (Wildman–Crippen LogP) is 4.39. The Balaban J connectivity index is 2.39. The maximum Gasteiger partial charge on any atom is 0.418 e. The minimum Gasteiger partial charge on any atom is -0.443 e. The third-order valence-electron chi connectivity index (χ3n) is 2.52. The highest BCUT2D eigenvalue weighted by Gasteiger charge is 2.18. The van der Waals surface area contributed by atoms with E-state index < -0.39 is 5.60 Å². The molecule has 0 atom stereocenters. The topological polar surface area (TPSA) is 31.2 Å². The van der Waals surface area contributed by atoms with Gasteiger partial charge in [0.2, 0.25) is 0 Å². The molecule has 18 heavy (non-hydrogen) atoms. The number of carbonyl (C=O) groups is 1. The molecular weight excluding hydrogens is 250 g/mol. The molecule has 0 fully saturated rings. The Bertz CT molecular complexity index is 569. The van der Waals surface area contributed by atoms with E-state index in [1.807, 2.05) is 39.8 Å². The Kier molecular flexibility index (Phi) is 3.11. The number of nitrogens with zero attached hydrogens (tertiary/aromatic N) is 1. The Labute approximate surface area is 111 Å². The second-order valence-corrected chi connectivity index (χ2v) is 5.78. The van der Waals surface area contributed by atoms with E-state index in [9.17, 15) is 4.79 Å². The van der Waals surface area contributed by atoms with E-state index in [1.54, 1.807) is 12.4 Å². The average molecular weight is 266 g/mol. The maximum atomic E-state index is 11.9. The second-order valence-electron chi connectivity index (χ2n) is 5.38. The molecule has 0 radical (unpaired) electrons. The second kappa shape index (κ2) is 4.32. The van der Waals surface area contributed by atoms with E-state index in [2.05, 4.69) is 0 Å². The first-order valence-electron chi connectivity index (χ1n) is 5.77. The first-order valence-corrected chi connectivity index (χ1v) is 6.15. The number of hydrogen-bond donors (Lipinski definition) is 0. The third-order valence-corrected chi connectivity index (χ3v) is 2.93. The molecule has 0 aliphatic carbocycles. The molecule has 0 aliphatic heterocycles. The number of aromatic nitrogens is 1. The molecule has 0 bridgehead atoms. The van der Waals surface area contributed by atoms with Crippen LogP contribution in [-0.2, 0) is 4.74 Å². The monoisotopic (exact) mass is 265 g/mol. The highest BCUT2D eigenvalue weighted by Crippen LogP contribution is 2.24. The summed E-state index contributed by atoms with van der Waals surface area (Å²) in [6.07, 6.45) is 3.11. The normalized spacial score (nSPS) is 11.8. The van der Waals surface area contributed by atoms with E-state index in [-0.39, 0.29) is 6.09 Å². The lowest BCUT2D eigenvalue weighted by atomic mass is 10.1. The lowest BCUT2D eigenvalue weighted by molar-refractivity contribution is 0.0538. The van der Waals surface area contributed by atoms with Gasteiger partial charge in [-0.15, -0.1) is 0 Å². The van der Waals surface area contributed by atoms with E-state index in [0.717, 1.165) is 16.3 Å². The van der Waals surface area contributed by atoms with Crippen LogP contribution in [0.15, 0.2) is 24.5 Å². The number of benzene rings is 1. The van der Waals surface area contributed by atoms with E-state index in [0.29, 0.717) is 5.02 Å². The third kappa shape index (κ3) is 2.67. The Morgan fingerprint density at radius 3 is 2.33 bits per heavy atom. The van der Waals surface area contributed by atoms with Gasteiger partial charge in [-0.1, -0.05) is 11.6 Å². The van der Waals surface area contributed by atoms with Crippen LogP contribution in [0, 0.1) is 6.92 Å². The van der Waals surface area contributed by atoms with Crippen molar-refractivity contribution in [2.24, 2.45) is 0 Å². The van der Waals surface area contributed by atoms with Crippen molar-refractivity contribution in [3.63, 3.8) is 0 Å². The van der Waals surface area contributed by atoms with Crippen LogP contribution < -0.4 is 0 Å². The van der Waals surface area contributed by atoms with Crippen molar-refractivity contribution in [1.29, 1.82) is 0 Å². The Morgan fingerprint density at radius 2 is 1.78 bits per heavy atom. The smallest absolute Gasteiger partial charge is 0.418 e. The summed E-state index contributed by atoms with van der Waals surface area (Å²) < 4.78 is 6.75. The van der Waals surface area contributed by atoms with E-state index in [1.165, 1.54) is 4.57 Å². The van der Waals surface area contributed by atoms with Gasteiger partial charge in [-0.05, 0) is 45.4 Å². The van der Waals surface area contributed by atoms with E-state index in [4.69, 9.17) is 16.3 Å². The van der Waals surface area contributed by atoms with E-state index >= 15 is 0 Å². The average Bonchev–Trinajstić information content (AvgIpc) is 2.59. The van der Waals surface area contributed by atoms with Gasteiger partial charge in [0, 0.05) is 28.2 Å².